The largest absolute Gasteiger partial charge is 0.345 e. The van der Waals surface area contributed by atoms with Crippen LogP contribution >= 0.6 is 0 Å². The molecule has 2 N–H and O–H groups in total. The Bertz CT molecular complexity index is 752. The quantitative estimate of drug-likeness (QED) is 0.801. The Morgan fingerprint density at radius 1 is 1.14 bits per heavy atom. The molecule has 0 bridgehead atoms. The fraction of sp³-hybridized carbons (Fsp3) is 0.0714. The Balaban J connectivity index is 2.20. The van der Waals surface area contributed by atoms with Gasteiger partial charge in [-0.2, -0.15) is 20.9 Å². The molecule has 7 heteroatoms. The molecule has 7 nitrogen and oxygen atoms in total. The highest BCUT2D eigenvalue weighted by Crippen LogP contribution is 2.16. The lowest BCUT2D eigenvalue weighted by molar-refractivity contribution is -0.119. The zero-order valence-corrected chi connectivity index (χ0v) is 10.7. The summed E-state index contributed by atoms with van der Waals surface area (Å²) >= 11 is 0. The fourth-order valence-corrected chi connectivity index (χ4v) is 1.70. The molecule has 0 saturated heterocycles. The molecule has 1 aromatic rings. The minimum Gasteiger partial charge on any atom is -0.345 e. The van der Waals surface area contributed by atoms with Gasteiger partial charge in [-0.25, -0.2) is 5.43 Å². The molecule has 0 fully saturated rings. The van der Waals surface area contributed by atoms with Gasteiger partial charge in [0.2, 0.25) is 5.91 Å². The lowest BCUT2D eigenvalue weighted by Gasteiger charge is -2.05. The van der Waals surface area contributed by atoms with Crippen LogP contribution in [0.4, 0.5) is 5.69 Å². The van der Waals surface area contributed by atoms with E-state index in [9.17, 15) is 4.79 Å². The van der Waals surface area contributed by atoms with E-state index in [1.54, 1.807) is 42.5 Å². The average Bonchev–Trinajstić information content (AvgIpc) is 2.94. The van der Waals surface area contributed by atoms with E-state index in [0.717, 1.165) is 5.56 Å². The van der Waals surface area contributed by atoms with Crippen molar-refractivity contribution >= 4 is 17.3 Å². The van der Waals surface area contributed by atoms with Gasteiger partial charge in [-0.05, 0) is 17.7 Å². The number of hydrazone groups is 1. The van der Waals surface area contributed by atoms with Gasteiger partial charge in [0.25, 0.3) is 0 Å². The summed E-state index contributed by atoms with van der Waals surface area (Å²) in [6.45, 7) is 0. The van der Waals surface area contributed by atoms with Crippen LogP contribution in [0.25, 0.3) is 0 Å². The maximum Gasteiger partial charge on any atom is 0.246 e. The number of anilines is 1. The Hall–Kier alpha value is -3.63. The molecule has 0 saturated carbocycles. The van der Waals surface area contributed by atoms with Gasteiger partial charge in [-0.1, -0.05) is 12.1 Å². The Morgan fingerprint density at radius 3 is 2.29 bits per heavy atom. The van der Waals surface area contributed by atoms with Crippen molar-refractivity contribution in [1.29, 1.82) is 15.8 Å². The number of hydrogen-bond acceptors (Lipinski definition) is 6. The van der Waals surface area contributed by atoms with Crippen molar-refractivity contribution in [1.82, 2.24) is 5.43 Å². The lowest BCUT2D eigenvalue weighted by Crippen LogP contribution is -2.09. The van der Waals surface area contributed by atoms with Crippen LogP contribution in [0.15, 0.2) is 40.6 Å². The van der Waals surface area contributed by atoms with Crippen LogP contribution in [0.3, 0.4) is 0 Å². The molecule has 100 valence electrons. The van der Waals surface area contributed by atoms with E-state index >= 15 is 0 Å². The SMILES string of the molecule is N#CC(C#N)=C(C#N)Nc1ccc(C2=NNC(=O)C2)cc1. The van der Waals surface area contributed by atoms with Gasteiger partial charge >= 0.3 is 0 Å². The van der Waals surface area contributed by atoms with Crippen molar-refractivity contribution in [3.8, 4) is 18.2 Å². The van der Waals surface area contributed by atoms with Crippen molar-refractivity contribution in [2.45, 2.75) is 6.42 Å². The summed E-state index contributed by atoms with van der Waals surface area (Å²) in [5, 5.41) is 33.0. The van der Waals surface area contributed by atoms with Crippen molar-refractivity contribution in [3.63, 3.8) is 0 Å². The fourth-order valence-electron chi connectivity index (χ4n) is 1.70. The molecule has 0 spiro atoms. The van der Waals surface area contributed by atoms with E-state index in [-0.39, 0.29) is 23.6 Å². The number of nitrogens with one attached hydrogen (secondary N) is 2. The summed E-state index contributed by atoms with van der Waals surface area (Å²) in [5.74, 6) is -0.158. The van der Waals surface area contributed by atoms with Gasteiger partial charge < -0.3 is 5.32 Å². The number of carbonyl (C=O) groups excluding carboxylic acids is 1. The molecule has 1 aliphatic heterocycles. The number of amides is 1. The highest BCUT2D eigenvalue weighted by molar-refractivity contribution is 6.13. The number of benzene rings is 1. The van der Waals surface area contributed by atoms with Crippen molar-refractivity contribution < 1.29 is 4.79 Å². The molecule has 0 radical (unpaired) electrons. The monoisotopic (exact) mass is 276 g/mol. The van der Waals surface area contributed by atoms with Crippen LogP contribution in [0.1, 0.15) is 12.0 Å². The summed E-state index contributed by atoms with van der Waals surface area (Å²) in [7, 11) is 0. The molecule has 2 rings (SSSR count). The van der Waals surface area contributed by atoms with Crippen molar-refractivity contribution in [2.75, 3.05) is 5.32 Å². The van der Waals surface area contributed by atoms with Gasteiger partial charge in [-0.3, -0.25) is 4.79 Å². The molecular weight excluding hydrogens is 268 g/mol. The Morgan fingerprint density at radius 2 is 1.81 bits per heavy atom. The third-order valence-electron chi connectivity index (χ3n) is 2.72. The summed E-state index contributed by atoms with van der Waals surface area (Å²) in [6.07, 6.45) is 0.225. The number of allylic oxidation sites excluding steroid dienone is 2. The first-order chi connectivity index (χ1) is 10.2. The van der Waals surface area contributed by atoms with E-state index in [0.29, 0.717) is 11.4 Å². The zero-order valence-electron chi connectivity index (χ0n) is 10.7. The number of nitrogens with zero attached hydrogens (tertiary/aromatic N) is 4. The van der Waals surface area contributed by atoms with Crippen LogP contribution in [-0.4, -0.2) is 11.6 Å². The molecule has 21 heavy (non-hydrogen) atoms. The first kappa shape index (κ1) is 13.8. The highest BCUT2D eigenvalue weighted by Gasteiger charge is 2.16. The van der Waals surface area contributed by atoms with Crippen LogP contribution in [0, 0.1) is 34.0 Å². The second-order valence-electron chi connectivity index (χ2n) is 4.06. The molecule has 0 unspecified atom stereocenters. The van der Waals surface area contributed by atoms with Crippen molar-refractivity contribution in [2.24, 2.45) is 5.10 Å². The maximum atomic E-state index is 11.1. The second kappa shape index (κ2) is 6.01. The van der Waals surface area contributed by atoms with E-state index in [1.807, 2.05) is 0 Å². The molecular formula is C14H8N6O. The first-order valence-electron chi connectivity index (χ1n) is 5.85. The van der Waals surface area contributed by atoms with E-state index in [4.69, 9.17) is 15.8 Å². The highest BCUT2D eigenvalue weighted by atomic mass is 16.2. The van der Waals surface area contributed by atoms with Crippen LogP contribution in [-0.2, 0) is 4.79 Å². The summed E-state index contributed by atoms with van der Waals surface area (Å²) in [6, 6.07) is 11.9. The summed E-state index contributed by atoms with van der Waals surface area (Å²) < 4.78 is 0. The minimum atomic E-state index is -0.281. The van der Waals surface area contributed by atoms with Crippen molar-refractivity contribution in [3.05, 3.63) is 41.1 Å². The minimum absolute atomic E-state index is 0.109. The Labute approximate surface area is 120 Å². The number of nitriles is 3. The molecule has 0 aromatic heterocycles. The predicted molar refractivity (Wildman–Crippen MR) is 73.2 cm³/mol. The Kier molecular flexibility index (Phi) is 3.95. The summed E-state index contributed by atoms with van der Waals surface area (Å²) in [4.78, 5) is 11.1. The molecule has 0 atom stereocenters. The van der Waals surface area contributed by atoms with E-state index in [1.165, 1.54) is 0 Å². The third kappa shape index (κ3) is 3.04. The number of rotatable bonds is 3. The predicted octanol–water partition coefficient (Wildman–Crippen LogP) is 1.15. The molecule has 1 aromatic carbocycles. The lowest BCUT2D eigenvalue weighted by atomic mass is 10.1. The van der Waals surface area contributed by atoms with Gasteiger partial charge in [0.1, 0.15) is 23.9 Å². The summed E-state index contributed by atoms with van der Waals surface area (Å²) in [5.41, 5.74) is 3.94. The number of hydrogen-bond donors (Lipinski definition) is 2. The number of carbonyl (C=O) groups is 1. The molecule has 1 amide bonds. The maximum absolute atomic E-state index is 11.1. The van der Waals surface area contributed by atoms with Gasteiger partial charge in [0, 0.05) is 5.69 Å². The molecule has 0 aliphatic carbocycles. The second-order valence-corrected chi connectivity index (χ2v) is 4.06. The van der Waals surface area contributed by atoms with E-state index < -0.39 is 0 Å². The normalized spacial score (nSPS) is 12.2. The first-order valence-corrected chi connectivity index (χ1v) is 5.85. The zero-order chi connectivity index (χ0) is 15.2. The smallest absolute Gasteiger partial charge is 0.246 e. The van der Waals surface area contributed by atoms with Crippen LogP contribution in [0.5, 0.6) is 0 Å². The molecule has 1 heterocycles. The van der Waals surface area contributed by atoms with Crippen LogP contribution in [0.2, 0.25) is 0 Å². The van der Waals surface area contributed by atoms with Crippen LogP contribution < -0.4 is 10.7 Å². The van der Waals surface area contributed by atoms with E-state index in [2.05, 4.69) is 15.8 Å². The average molecular weight is 276 g/mol. The third-order valence-corrected chi connectivity index (χ3v) is 2.72. The topological polar surface area (TPSA) is 125 Å². The standard InChI is InChI=1S/C14H8N6O/c15-6-10(7-16)13(8-17)18-11-3-1-9(2-4-11)12-5-14(21)20-19-12/h1-4,18H,5H2,(H,20,21). The van der Waals surface area contributed by atoms with Gasteiger partial charge in [0.15, 0.2) is 5.57 Å². The molecule has 1 aliphatic rings. The van der Waals surface area contributed by atoms with Gasteiger partial charge in [0.05, 0.1) is 12.1 Å². The van der Waals surface area contributed by atoms with Gasteiger partial charge in [-0.15, -0.1) is 0 Å².